The van der Waals surface area contributed by atoms with Crippen molar-refractivity contribution in [3.63, 3.8) is 0 Å². The smallest absolute Gasteiger partial charge is 0.319 e. The average molecular weight is 228 g/mol. The number of rotatable bonds is 4. The van der Waals surface area contributed by atoms with Crippen LogP contribution >= 0.6 is 0 Å². The first kappa shape index (κ1) is 10.7. The van der Waals surface area contributed by atoms with Crippen LogP contribution < -0.4 is 0 Å². The second kappa shape index (κ2) is 4.40. The number of imidazole rings is 2. The van der Waals surface area contributed by atoms with Gasteiger partial charge in [0.1, 0.15) is 18.3 Å². The minimum atomic E-state index is -2.61. The molecule has 0 unspecified atom stereocenters. The summed E-state index contributed by atoms with van der Waals surface area (Å²) in [5, 5.41) is 8.96. The van der Waals surface area contributed by atoms with Crippen molar-refractivity contribution < 1.29 is 13.9 Å². The molecule has 2 aromatic heterocycles. The molecule has 2 heterocycles. The van der Waals surface area contributed by atoms with Crippen LogP contribution in [0, 0.1) is 0 Å². The number of aromatic nitrogens is 4. The fourth-order valence-electron chi connectivity index (χ4n) is 1.43. The molecule has 5 nitrogen and oxygen atoms in total. The van der Waals surface area contributed by atoms with Gasteiger partial charge in [0.05, 0.1) is 6.54 Å². The van der Waals surface area contributed by atoms with E-state index in [4.69, 9.17) is 5.11 Å². The van der Waals surface area contributed by atoms with E-state index in [1.165, 1.54) is 18.6 Å². The van der Waals surface area contributed by atoms with Crippen molar-refractivity contribution in [2.45, 2.75) is 19.7 Å². The molecule has 0 radical (unpaired) electrons. The first-order valence-corrected chi connectivity index (χ1v) is 4.63. The molecule has 0 amide bonds. The predicted molar refractivity (Wildman–Crippen MR) is 50.7 cm³/mol. The third-order valence-electron chi connectivity index (χ3n) is 2.21. The molecule has 16 heavy (non-hydrogen) atoms. The molecule has 0 fully saturated rings. The summed E-state index contributed by atoms with van der Waals surface area (Å²) < 4.78 is 27.4. The Hall–Kier alpha value is -1.76. The standard InChI is InChI=1S/C9H10F2N4O/c10-9(11)15-4-2-12-7(15)5-14-3-1-13-8(14)6-16/h1-4,9,16H,5-6H2. The number of aliphatic hydroxyl groups excluding tert-OH is 1. The highest BCUT2D eigenvalue weighted by Crippen LogP contribution is 2.13. The molecule has 0 saturated heterocycles. The van der Waals surface area contributed by atoms with E-state index >= 15 is 0 Å². The van der Waals surface area contributed by atoms with Crippen LogP contribution in [0.25, 0.3) is 0 Å². The Labute approximate surface area is 90.0 Å². The number of alkyl halides is 2. The molecule has 86 valence electrons. The maximum atomic E-state index is 12.5. The Kier molecular flexibility index (Phi) is 2.95. The van der Waals surface area contributed by atoms with E-state index in [0.29, 0.717) is 5.82 Å². The highest BCUT2D eigenvalue weighted by molar-refractivity contribution is 4.99. The number of halogens is 2. The summed E-state index contributed by atoms with van der Waals surface area (Å²) in [6.07, 6.45) is 5.64. The van der Waals surface area contributed by atoms with Gasteiger partial charge in [0.15, 0.2) is 0 Å². The summed E-state index contributed by atoms with van der Waals surface area (Å²) in [4.78, 5) is 7.72. The zero-order chi connectivity index (χ0) is 11.5. The number of nitrogens with zero attached hydrogens (tertiary/aromatic N) is 4. The molecule has 0 aliphatic carbocycles. The maximum Gasteiger partial charge on any atom is 0.319 e. The lowest BCUT2D eigenvalue weighted by Gasteiger charge is -2.08. The van der Waals surface area contributed by atoms with Gasteiger partial charge < -0.3 is 9.67 Å². The van der Waals surface area contributed by atoms with Crippen LogP contribution in [-0.4, -0.2) is 24.2 Å². The molecule has 0 bridgehead atoms. The molecule has 0 aliphatic heterocycles. The molecule has 2 aromatic rings. The van der Waals surface area contributed by atoms with Crippen LogP contribution in [0.5, 0.6) is 0 Å². The van der Waals surface area contributed by atoms with Gasteiger partial charge in [0.2, 0.25) is 0 Å². The Bertz CT molecular complexity index is 466. The van der Waals surface area contributed by atoms with E-state index in [1.54, 1.807) is 10.8 Å². The van der Waals surface area contributed by atoms with Gasteiger partial charge in [-0.25, -0.2) is 9.97 Å². The summed E-state index contributed by atoms with van der Waals surface area (Å²) in [6, 6.07) is 0. The van der Waals surface area contributed by atoms with Crippen LogP contribution in [0.2, 0.25) is 0 Å². The van der Waals surface area contributed by atoms with Crippen molar-refractivity contribution in [2.24, 2.45) is 0 Å². The largest absolute Gasteiger partial charge is 0.388 e. The second-order valence-corrected chi connectivity index (χ2v) is 3.16. The third kappa shape index (κ3) is 1.94. The summed E-state index contributed by atoms with van der Waals surface area (Å²) in [6.45, 7) is -2.69. The zero-order valence-electron chi connectivity index (χ0n) is 8.29. The van der Waals surface area contributed by atoms with Gasteiger partial charge >= 0.3 is 6.55 Å². The zero-order valence-corrected chi connectivity index (χ0v) is 8.29. The summed E-state index contributed by atoms with van der Waals surface area (Å²) in [5.74, 6) is 0.645. The van der Waals surface area contributed by atoms with E-state index in [1.807, 2.05) is 0 Å². The Morgan fingerprint density at radius 1 is 1.19 bits per heavy atom. The maximum absolute atomic E-state index is 12.5. The molecule has 0 aromatic carbocycles. The molecule has 2 rings (SSSR count). The lowest BCUT2D eigenvalue weighted by Crippen LogP contribution is -2.10. The lowest BCUT2D eigenvalue weighted by molar-refractivity contribution is 0.0666. The van der Waals surface area contributed by atoms with Gasteiger partial charge in [-0.1, -0.05) is 0 Å². The highest BCUT2D eigenvalue weighted by Gasteiger charge is 2.12. The molecular formula is C9H10F2N4O. The predicted octanol–water partition coefficient (Wildman–Crippen LogP) is 1.02. The number of hydrogen-bond acceptors (Lipinski definition) is 3. The van der Waals surface area contributed by atoms with Gasteiger partial charge in [-0.15, -0.1) is 0 Å². The fraction of sp³-hybridized carbons (Fsp3) is 0.333. The topological polar surface area (TPSA) is 55.9 Å². The molecule has 0 atom stereocenters. The van der Waals surface area contributed by atoms with Crippen LogP contribution in [0.3, 0.4) is 0 Å². The summed E-state index contributed by atoms with van der Waals surface area (Å²) in [5.41, 5.74) is 0. The minimum absolute atomic E-state index is 0.160. The van der Waals surface area contributed by atoms with E-state index in [9.17, 15) is 8.78 Å². The van der Waals surface area contributed by atoms with Crippen molar-refractivity contribution in [1.82, 2.24) is 19.1 Å². The molecule has 0 aliphatic rings. The molecule has 0 spiro atoms. The van der Waals surface area contributed by atoms with Crippen LogP contribution in [-0.2, 0) is 13.2 Å². The van der Waals surface area contributed by atoms with Crippen molar-refractivity contribution in [3.05, 3.63) is 36.4 Å². The van der Waals surface area contributed by atoms with Gasteiger partial charge in [-0.3, -0.25) is 4.57 Å². The molecule has 0 saturated carbocycles. The fourth-order valence-corrected chi connectivity index (χ4v) is 1.43. The first-order valence-electron chi connectivity index (χ1n) is 4.63. The van der Waals surface area contributed by atoms with E-state index in [2.05, 4.69) is 9.97 Å². The van der Waals surface area contributed by atoms with Gasteiger partial charge in [0.25, 0.3) is 0 Å². The Morgan fingerprint density at radius 3 is 2.56 bits per heavy atom. The van der Waals surface area contributed by atoms with Crippen LogP contribution in [0.4, 0.5) is 8.78 Å². The second-order valence-electron chi connectivity index (χ2n) is 3.16. The number of aliphatic hydroxyl groups is 1. The third-order valence-corrected chi connectivity index (χ3v) is 2.21. The molecule has 1 N–H and O–H groups in total. The van der Waals surface area contributed by atoms with Gasteiger partial charge in [-0.05, 0) is 0 Å². The lowest BCUT2D eigenvalue weighted by atomic mass is 10.5. The van der Waals surface area contributed by atoms with Crippen LogP contribution in [0.15, 0.2) is 24.8 Å². The molecular weight excluding hydrogens is 218 g/mol. The Balaban J connectivity index is 2.23. The van der Waals surface area contributed by atoms with Crippen molar-refractivity contribution in [2.75, 3.05) is 0 Å². The van der Waals surface area contributed by atoms with Crippen molar-refractivity contribution in [3.8, 4) is 0 Å². The SMILES string of the molecule is OCc1nccn1Cc1nccn1C(F)F. The minimum Gasteiger partial charge on any atom is -0.388 e. The quantitative estimate of drug-likeness (QED) is 0.849. The van der Waals surface area contributed by atoms with Gasteiger partial charge in [-0.2, -0.15) is 8.78 Å². The van der Waals surface area contributed by atoms with E-state index in [-0.39, 0.29) is 19.0 Å². The van der Waals surface area contributed by atoms with Crippen LogP contribution in [0.1, 0.15) is 18.2 Å². The van der Waals surface area contributed by atoms with Gasteiger partial charge in [0, 0.05) is 24.8 Å². The van der Waals surface area contributed by atoms with E-state index in [0.717, 1.165) is 4.57 Å². The Morgan fingerprint density at radius 2 is 1.88 bits per heavy atom. The monoisotopic (exact) mass is 228 g/mol. The van der Waals surface area contributed by atoms with Crippen molar-refractivity contribution in [1.29, 1.82) is 0 Å². The molecule has 7 heteroatoms. The first-order chi connectivity index (χ1) is 7.72. The summed E-state index contributed by atoms with van der Waals surface area (Å²) >= 11 is 0. The highest BCUT2D eigenvalue weighted by atomic mass is 19.3. The van der Waals surface area contributed by atoms with Crippen molar-refractivity contribution >= 4 is 0 Å². The average Bonchev–Trinajstić information content (AvgIpc) is 2.86. The number of hydrogen-bond donors (Lipinski definition) is 1. The normalized spacial score (nSPS) is 11.2. The summed E-state index contributed by atoms with van der Waals surface area (Å²) in [7, 11) is 0. The van der Waals surface area contributed by atoms with E-state index < -0.39 is 6.55 Å².